The molecule has 0 fully saturated rings. The topological polar surface area (TPSA) is 113 Å². The summed E-state index contributed by atoms with van der Waals surface area (Å²) in [5.74, 6) is -0.612. The highest BCUT2D eigenvalue weighted by molar-refractivity contribution is 7.14. The smallest absolute Gasteiger partial charge is 0.293 e. The van der Waals surface area contributed by atoms with Gasteiger partial charge in [-0.3, -0.25) is 19.7 Å². The molecule has 0 aliphatic rings. The van der Waals surface area contributed by atoms with Crippen molar-refractivity contribution in [3.63, 3.8) is 0 Å². The quantitative estimate of drug-likeness (QED) is 0.604. The molecular formula is C18H16N4O4S. The number of carbonyl (C=O) groups excluding carboxylic acids is 3. The van der Waals surface area contributed by atoms with E-state index in [0.717, 1.165) is 0 Å². The van der Waals surface area contributed by atoms with E-state index in [1.165, 1.54) is 24.5 Å². The van der Waals surface area contributed by atoms with Gasteiger partial charge in [0, 0.05) is 23.7 Å². The van der Waals surface area contributed by atoms with Gasteiger partial charge in [0.25, 0.3) is 5.91 Å². The predicted molar refractivity (Wildman–Crippen MR) is 102 cm³/mol. The number of furan rings is 1. The van der Waals surface area contributed by atoms with Crippen LogP contribution < -0.4 is 16.0 Å². The summed E-state index contributed by atoms with van der Waals surface area (Å²) >= 11 is 1.23. The fourth-order valence-corrected chi connectivity index (χ4v) is 2.93. The zero-order chi connectivity index (χ0) is 19.2. The van der Waals surface area contributed by atoms with Gasteiger partial charge in [0.15, 0.2) is 10.9 Å². The minimum absolute atomic E-state index is 0.0700. The number of hydrogen-bond acceptors (Lipinski definition) is 6. The number of benzene rings is 1. The van der Waals surface area contributed by atoms with Gasteiger partial charge in [-0.05, 0) is 36.4 Å². The third-order valence-corrected chi connectivity index (χ3v) is 4.15. The summed E-state index contributed by atoms with van der Waals surface area (Å²) in [6.45, 7) is 1.43. The van der Waals surface area contributed by atoms with E-state index in [2.05, 4.69) is 20.9 Å². The van der Waals surface area contributed by atoms with Gasteiger partial charge in [-0.2, -0.15) is 0 Å². The van der Waals surface area contributed by atoms with E-state index in [-0.39, 0.29) is 24.0 Å². The maximum atomic E-state index is 12.1. The molecular weight excluding hydrogens is 368 g/mol. The maximum absolute atomic E-state index is 12.1. The lowest BCUT2D eigenvalue weighted by Gasteiger charge is -2.06. The average molecular weight is 384 g/mol. The molecule has 2 heterocycles. The van der Waals surface area contributed by atoms with Crippen molar-refractivity contribution in [3.05, 3.63) is 59.5 Å². The SMILES string of the molecule is CC(=O)Nc1ccc(NC(=O)Cc2csc(NC(=O)c3ccco3)n2)cc1. The van der Waals surface area contributed by atoms with E-state index in [0.29, 0.717) is 22.2 Å². The molecule has 2 aromatic heterocycles. The largest absolute Gasteiger partial charge is 0.459 e. The molecule has 27 heavy (non-hydrogen) atoms. The van der Waals surface area contributed by atoms with E-state index in [4.69, 9.17) is 4.42 Å². The van der Waals surface area contributed by atoms with Crippen LogP contribution in [0.15, 0.2) is 52.5 Å². The Morgan fingerprint density at radius 1 is 1.04 bits per heavy atom. The van der Waals surface area contributed by atoms with Gasteiger partial charge in [0.2, 0.25) is 11.8 Å². The normalized spacial score (nSPS) is 10.3. The predicted octanol–water partition coefficient (Wildman–Crippen LogP) is 3.13. The first kappa shape index (κ1) is 18.3. The molecule has 3 rings (SSSR count). The fraction of sp³-hybridized carbons (Fsp3) is 0.111. The number of hydrogen-bond donors (Lipinski definition) is 3. The van der Waals surface area contributed by atoms with Gasteiger partial charge in [-0.15, -0.1) is 11.3 Å². The van der Waals surface area contributed by atoms with Gasteiger partial charge in [-0.1, -0.05) is 0 Å². The van der Waals surface area contributed by atoms with Crippen molar-refractivity contribution in [2.45, 2.75) is 13.3 Å². The standard InChI is InChI=1S/C18H16N4O4S/c1-11(23)19-12-4-6-13(7-5-12)20-16(24)9-14-10-27-18(21-14)22-17(25)15-3-2-8-26-15/h2-8,10H,9H2,1H3,(H,19,23)(H,20,24)(H,21,22,25). The van der Waals surface area contributed by atoms with Crippen molar-refractivity contribution in [1.82, 2.24) is 4.98 Å². The number of aromatic nitrogens is 1. The average Bonchev–Trinajstić information content (AvgIpc) is 3.28. The molecule has 0 aliphatic carbocycles. The molecule has 3 aromatic rings. The van der Waals surface area contributed by atoms with Crippen molar-refractivity contribution in [3.8, 4) is 0 Å². The highest BCUT2D eigenvalue weighted by Gasteiger charge is 2.13. The molecule has 0 aliphatic heterocycles. The van der Waals surface area contributed by atoms with Crippen molar-refractivity contribution in [2.24, 2.45) is 0 Å². The second-order valence-corrected chi connectivity index (χ2v) is 6.42. The maximum Gasteiger partial charge on any atom is 0.293 e. The summed E-state index contributed by atoms with van der Waals surface area (Å²) in [4.78, 5) is 39.3. The van der Waals surface area contributed by atoms with Gasteiger partial charge >= 0.3 is 0 Å². The van der Waals surface area contributed by atoms with Crippen LogP contribution >= 0.6 is 11.3 Å². The highest BCUT2D eigenvalue weighted by atomic mass is 32.1. The third-order valence-electron chi connectivity index (χ3n) is 3.35. The number of anilines is 3. The Kier molecular flexibility index (Phi) is 5.62. The van der Waals surface area contributed by atoms with E-state index in [9.17, 15) is 14.4 Å². The summed E-state index contributed by atoms with van der Waals surface area (Å²) in [6.07, 6.45) is 1.48. The first-order valence-corrected chi connectivity index (χ1v) is 8.84. The molecule has 0 saturated carbocycles. The minimum Gasteiger partial charge on any atom is -0.459 e. The van der Waals surface area contributed by atoms with Crippen molar-refractivity contribution in [2.75, 3.05) is 16.0 Å². The van der Waals surface area contributed by atoms with Gasteiger partial charge in [0.1, 0.15) is 0 Å². The zero-order valence-corrected chi connectivity index (χ0v) is 15.1. The Balaban J connectivity index is 1.53. The molecule has 0 spiro atoms. The van der Waals surface area contributed by atoms with Crippen LogP contribution in [0.3, 0.4) is 0 Å². The van der Waals surface area contributed by atoms with E-state index in [1.54, 1.807) is 41.8 Å². The molecule has 0 atom stereocenters. The number of nitrogens with one attached hydrogen (secondary N) is 3. The molecule has 3 N–H and O–H groups in total. The molecule has 0 radical (unpaired) electrons. The number of thiazole rings is 1. The van der Waals surface area contributed by atoms with Crippen LogP contribution in [0.2, 0.25) is 0 Å². The van der Waals surface area contributed by atoms with Crippen molar-refractivity contribution < 1.29 is 18.8 Å². The summed E-state index contributed by atoms with van der Waals surface area (Å²) < 4.78 is 5.01. The van der Waals surface area contributed by atoms with Crippen LogP contribution in [0.1, 0.15) is 23.2 Å². The molecule has 0 bridgehead atoms. The first-order chi connectivity index (χ1) is 13.0. The Labute approximate surface area is 158 Å². The van der Waals surface area contributed by atoms with E-state index in [1.807, 2.05) is 0 Å². The summed E-state index contributed by atoms with van der Waals surface area (Å²) in [6, 6.07) is 9.95. The van der Waals surface area contributed by atoms with Crippen molar-refractivity contribution in [1.29, 1.82) is 0 Å². The fourth-order valence-electron chi connectivity index (χ4n) is 2.22. The highest BCUT2D eigenvalue weighted by Crippen LogP contribution is 2.18. The minimum atomic E-state index is -0.399. The number of rotatable bonds is 6. The number of carbonyl (C=O) groups is 3. The van der Waals surface area contributed by atoms with Crippen LogP contribution in [0, 0.1) is 0 Å². The Hall–Kier alpha value is -3.46. The monoisotopic (exact) mass is 384 g/mol. The van der Waals surface area contributed by atoms with Gasteiger partial charge in [0.05, 0.1) is 18.4 Å². The number of nitrogens with zero attached hydrogens (tertiary/aromatic N) is 1. The molecule has 9 heteroatoms. The lowest BCUT2D eigenvalue weighted by Crippen LogP contribution is -2.15. The summed E-state index contributed by atoms with van der Waals surface area (Å²) in [5, 5.41) is 10.1. The first-order valence-electron chi connectivity index (χ1n) is 7.96. The second kappa shape index (κ2) is 8.28. The summed E-state index contributed by atoms with van der Waals surface area (Å²) in [7, 11) is 0. The van der Waals surface area contributed by atoms with Crippen LogP contribution in [-0.4, -0.2) is 22.7 Å². The van der Waals surface area contributed by atoms with Gasteiger partial charge < -0.3 is 15.1 Å². The lowest BCUT2D eigenvalue weighted by atomic mass is 10.2. The van der Waals surface area contributed by atoms with Crippen LogP contribution in [0.25, 0.3) is 0 Å². The Bertz CT molecular complexity index is 948. The Morgan fingerprint density at radius 2 is 1.74 bits per heavy atom. The number of amides is 3. The van der Waals surface area contributed by atoms with E-state index < -0.39 is 5.91 Å². The van der Waals surface area contributed by atoms with Crippen molar-refractivity contribution >= 4 is 45.6 Å². The molecule has 0 saturated heterocycles. The molecule has 0 unspecified atom stereocenters. The second-order valence-electron chi connectivity index (χ2n) is 5.56. The van der Waals surface area contributed by atoms with Gasteiger partial charge in [-0.25, -0.2) is 4.98 Å². The van der Waals surface area contributed by atoms with E-state index >= 15 is 0 Å². The summed E-state index contributed by atoms with van der Waals surface area (Å²) in [5.41, 5.74) is 1.80. The van der Waals surface area contributed by atoms with Crippen LogP contribution in [0.5, 0.6) is 0 Å². The van der Waals surface area contributed by atoms with Crippen LogP contribution in [0.4, 0.5) is 16.5 Å². The van der Waals surface area contributed by atoms with Crippen LogP contribution in [-0.2, 0) is 16.0 Å². The molecule has 1 aromatic carbocycles. The Morgan fingerprint density at radius 3 is 2.37 bits per heavy atom. The molecule has 138 valence electrons. The molecule has 3 amide bonds. The molecule has 8 nitrogen and oxygen atoms in total. The third kappa shape index (κ3) is 5.25. The zero-order valence-electron chi connectivity index (χ0n) is 14.3. The lowest BCUT2D eigenvalue weighted by molar-refractivity contribution is -0.116.